The third kappa shape index (κ3) is 3.56. The Morgan fingerprint density at radius 1 is 0.458 bits per heavy atom. The smallest absolute Gasteiger partial charge is 0.195 e. The Morgan fingerprint density at radius 3 is 1.96 bits per heavy atom. The minimum atomic E-state index is 0.896. The minimum Gasteiger partial charge on any atom is -0.456 e. The summed E-state index contributed by atoms with van der Waals surface area (Å²) in [5.74, 6) is 0. The van der Waals surface area contributed by atoms with Gasteiger partial charge >= 0.3 is 0 Å². The Hall–Kier alpha value is -6.17. The number of rotatable bonds is 3. The molecule has 0 saturated heterocycles. The number of benzene rings is 7. The van der Waals surface area contributed by atoms with Gasteiger partial charge in [0, 0.05) is 38.0 Å². The monoisotopic (exact) mass is 631 g/mol. The molecule has 0 aliphatic carbocycles. The number of hydrogen-bond donors (Lipinski definition) is 0. The van der Waals surface area contributed by atoms with Crippen molar-refractivity contribution in [3.8, 4) is 21.9 Å². The summed E-state index contributed by atoms with van der Waals surface area (Å²) in [6.45, 7) is 0. The molecule has 48 heavy (non-hydrogen) atoms. The van der Waals surface area contributed by atoms with Crippen LogP contribution in [-0.4, -0.2) is 14.1 Å². The molecule has 7 aromatic carbocycles. The zero-order valence-corrected chi connectivity index (χ0v) is 26.4. The average Bonchev–Trinajstić information content (AvgIpc) is 3.90. The van der Waals surface area contributed by atoms with E-state index in [0.717, 1.165) is 48.3 Å². The van der Waals surface area contributed by atoms with E-state index >= 15 is 0 Å². The number of aromatic nitrogens is 3. The predicted octanol–water partition coefficient (Wildman–Crippen LogP) is 12.1. The van der Waals surface area contributed by atoms with Gasteiger partial charge in [-0.3, -0.25) is 4.57 Å². The number of hydrogen-bond acceptors (Lipinski definition) is 3. The SMILES string of the molecule is c1ccc(-n2c3ccccc3c3cc(-c4ccc5c6ccccc6n(-c6nc7ccc8oc9ccccc9c8c7s6)c5c4)ccc32)cc1. The Kier molecular flexibility index (Phi) is 5.23. The summed E-state index contributed by atoms with van der Waals surface area (Å²) in [6.07, 6.45) is 0. The summed E-state index contributed by atoms with van der Waals surface area (Å²) in [4.78, 5) is 5.24. The number of para-hydroxylation sites is 4. The Balaban J connectivity index is 1.15. The third-order valence-corrected chi connectivity index (χ3v) is 10.8. The van der Waals surface area contributed by atoms with Crippen LogP contribution in [0.2, 0.25) is 0 Å². The maximum Gasteiger partial charge on any atom is 0.195 e. The van der Waals surface area contributed by atoms with E-state index in [1.165, 1.54) is 49.4 Å². The van der Waals surface area contributed by atoms with E-state index in [9.17, 15) is 0 Å². The largest absolute Gasteiger partial charge is 0.456 e. The first-order valence-corrected chi connectivity index (χ1v) is 17.0. The number of fused-ring (bicyclic) bond motifs is 11. The van der Waals surface area contributed by atoms with Crippen molar-refractivity contribution >= 4 is 87.1 Å². The zero-order valence-electron chi connectivity index (χ0n) is 25.6. The lowest BCUT2D eigenvalue weighted by Gasteiger charge is -2.09. The van der Waals surface area contributed by atoms with Crippen molar-refractivity contribution in [2.24, 2.45) is 0 Å². The highest BCUT2D eigenvalue weighted by Gasteiger charge is 2.20. The van der Waals surface area contributed by atoms with Crippen LogP contribution in [0, 0.1) is 0 Å². The van der Waals surface area contributed by atoms with Gasteiger partial charge in [-0.05, 0) is 71.8 Å². The summed E-state index contributed by atoms with van der Waals surface area (Å²) >= 11 is 1.73. The fraction of sp³-hybridized carbons (Fsp3) is 0. The summed E-state index contributed by atoms with van der Waals surface area (Å²) < 4.78 is 12.1. The fourth-order valence-electron chi connectivity index (χ4n) is 7.64. The van der Waals surface area contributed by atoms with Crippen LogP contribution in [0.1, 0.15) is 0 Å². The van der Waals surface area contributed by atoms with Crippen LogP contribution in [0.3, 0.4) is 0 Å². The van der Waals surface area contributed by atoms with E-state index < -0.39 is 0 Å². The van der Waals surface area contributed by atoms with Gasteiger partial charge in [0.1, 0.15) is 11.2 Å². The Morgan fingerprint density at radius 2 is 1.10 bits per heavy atom. The molecule has 0 aliphatic heterocycles. The van der Waals surface area contributed by atoms with Crippen molar-refractivity contribution in [1.82, 2.24) is 14.1 Å². The molecule has 0 unspecified atom stereocenters. The summed E-state index contributed by atoms with van der Waals surface area (Å²) in [5, 5.41) is 8.15. The number of nitrogens with zero attached hydrogens (tertiary/aromatic N) is 3. The molecule has 0 fully saturated rings. The zero-order chi connectivity index (χ0) is 31.3. The van der Waals surface area contributed by atoms with E-state index in [1.54, 1.807) is 11.3 Å². The second kappa shape index (κ2) is 9.67. The van der Waals surface area contributed by atoms with Crippen LogP contribution in [0.4, 0.5) is 0 Å². The Bertz CT molecular complexity index is 3070. The summed E-state index contributed by atoms with van der Waals surface area (Å²) in [7, 11) is 0. The lowest BCUT2D eigenvalue weighted by Crippen LogP contribution is -1.93. The standard InChI is InChI=1S/C43H25N3OS/c1-2-10-28(11-3-1)45-35-15-7-5-13-30(35)33-24-26(19-22-37(33)45)27-18-20-31-29-12-4-8-16-36(29)46(38(31)25-27)43-44-34-21-23-40-41(42(34)48-43)32-14-6-9-17-39(32)47-40/h1-25H. The summed E-state index contributed by atoms with van der Waals surface area (Å²) in [5.41, 5.74) is 11.0. The normalized spacial score (nSPS) is 12.2. The van der Waals surface area contributed by atoms with Gasteiger partial charge in [-0.15, -0.1) is 0 Å². The second-order valence-electron chi connectivity index (χ2n) is 12.4. The molecule has 0 saturated carbocycles. The second-order valence-corrected chi connectivity index (χ2v) is 13.4. The van der Waals surface area contributed by atoms with Gasteiger partial charge in [0.25, 0.3) is 0 Å². The predicted molar refractivity (Wildman–Crippen MR) is 201 cm³/mol. The molecule has 0 radical (unpaired) electrons. The van der Waals surface area contributed by atoms with Crippen molar-refractivity contribution in [3.63, 3.8) is 0 Å². The van der Waals surface area contributed by atoms with Crippen molar-refractivity contribution in [3.05, 3.63) is 152 Å². The van der Waals surface area contributed by atoms with Crippen LogP contribution < -0.4 is 0 Å². The van der Waals surface area contributed by atoms with Gasteiger partial charge in [0.2, 0.25) is 0 Å². The molecule has 5 heteroatoms. The molecule has 4 aromatic heterocycles. The van der Waals surface area contributed by atoms with Crippen molar-refractivity contribution in [2.45, 2.75) is 0 Å². The highest BCUT2D eigenvalue weighted by molar-refractivity contribution is 7.22. The van der Waals surface area contributed by atoms with Crippen LogP contribution >= 0.6 is 11.3 Å². The minimum absolute atomic E-state index is 0.896. The van der Waals surface area contributed by atoms with Gasteiger partial charge in [-0.25, -0.2) is 4.98 Å². The van der Waals surface area contributed by atoms with Crippen LogP contribution in [0.25, 0.3) is 97.7 Å². The van der Waals surface area contributed by atoms with Gasteiger partial charge in [0.05, 0.1) is 32.3 Å². The quantitative estimate of drug-likeness (QED) is 0.194. The lowest BCUT2D eigenvalue weighted by atomic mass is 10.0. The molecular weight excluding hydrogens is 607 g/mol. The number of thiazole rings is 1. The molecule has 11 rings (SSSR count). The molecule has 0 spiro atoms. The fourth-order valence-corrected chi connectivity index (χ4v) is 8.79. The first-order chi connectivity index (χ1) is 23.8. The molecule has 0 atom stereocenters. The first kappa shape index (κ1) is 26.0. The van der Waals surface area contributed by atoms with Gasteiger partial charge in [0.15, 0.2) is 5.13 Å². The first-order valence-electron chi connectivity index (χ1n) is 16.1. The maximum atomic E-state index is 6.22. The average molecular weight is 632 g/mol. The van der Waals surface area contributed by atoms with Gasteiger partial charge in [-0.1, -0.05) is 102 Å². The highest BCUT2D eigenvalue weighted by Crippen LogP contribution is 2.42. The molecule has 0 amide bonds. The topological polar surface area (TPSA) is 35.9 Å². The lowest BCUT2D eigenvalue weighted by molar-refractivity contribution is 0.669. The van der Waals surface area contributed by atoms with Crippen molar-refractivity contribution < 1.29 is 4.42 Å². The molecule has 0 aliphatic rings. The molecule has 224 valence electrons. The molecule has 0 N–H and O–H groups in total. The highest BCUT2D eigenvalue weighted by atomic mass is 32.1. The molecule has 4 nitrogen and oxygen atoms in total. The van der Waals surface area contributed by atoms with Crippen molar-refractivity contribution in [1.29, 1.82) is 0 Å². The van der Waals surface area contributed by atoms with E-state index in [0.29, 0.717) is 0 Å². The van der Waals surface area contributed by atoms with Crippen molar-refractivity contribution in [2.75, 3.05) is 0 Å². The van der Waals surface area contributed by atoms with Crippen LogP contribution in [-0.2, 0) is 0 Å². The Labute approximate surface area is 278 Å². The maximum absolute atomic E-state index is 6.22. The number of furan rings is 1. The molecule has 11 aromatic rings. The van der Waals surface area contributed by atoms with E-state index in [2.05, 4.69) is 149 Å². The van der Waals surface area contributed by atoms with E-state index in [4.69, 9.17) is 9.40 Å². The van der Waals surface area contributed by atoms with Gasteiger partial charge in [-0.2, -0.15) is 0 Å². The molecule has 4 heterocycles. The summed E-state index contributed by atoms with van der Waals surface area (Å²) in [6, 6.07) is 54.1. The van der Waals surface area contributed by atoms with E-state index in [1.807, 2.05) is 12.1 Å². The van der Waals surface area contributed by atoms with Crippen LogP contribution in [0.5, 0.6) is 0 Å². The molecular formula is C43H25N3OS. The molecule has 0 bridgehead atoms. The third-order valence-electron chi connectivity index (χ3n) is 9.77. The van der Waals surface area contributed by atoms with Gasteiger partial charge < -0.3 is 8.98 Å². The van der Waals surface area contributed by atoms with Crippen LogP contribution in [0.15, 0.2) is 156 Å². The van der Waals surface area contributed by atoms with E-state index in [-0.39, 0.29) is 0 Å².